The lowest BCUT2D eigenvalue weighted by Gasteiger charge is -2.01. The van der Waals surface area contributed by atoms with Gasteiger partial charge in [-0.15, -0.1) is 0 Å². The molecule has 0 aliphatic carbocycles. The van der Waals surface area contributed by atoms with E-state index >= 15 is 0 Å². The van der Waals surface area contributed by atoms with Crippen LogP contribution >= 0.6 is 0 Å². The van der Waals surface area contributed by atoms with Crippen molar-refractivity contribution >= 4 is 34.5 Å². The Morgan fingerprint density at radius 2 is 1.95 bits per heavy atom. The first kappa shape index (κ1) is 11.5. The van der Waals surface area contributed by atoms with E-state index in [0.717, 1.165) is 27.4 Å². The number of carbonyl (C=O) groups is 1. The molecule has 0 aliphatic heterocycles. The van der Waals surface area contributed by atoms with E-state index in [1.54, 1.807) is 0 Å². The number of nitrogens with one attached hydrogen (secondary N) is 1. The van der Waals surface area contributed by atoms with E-state index in [9.17, 15) is 4.79 Å². The summed E-state index contributed by atoms with van der Waals surface area (Å²) in [6.45, 7) is 3.14. The van der Waals surface area contributed by atoms with Gasteiger partial charge in [0.1, 0.15) is 0 Å². The molecule has 0 bridgehead atoms. The summed E-state index contributed by atoms with van der Waals surface area (Å²) in [5.41, 5.74) is 2.91. The van der Waals surface area contributed by atoms with Gasteiger partial charge in [-0.1, -0.05) is 41.6 Å². The van der Waals surface area contributed by atoms with Crippen LogP contribution in [0.4, 0.5) is 0 Å². The van der Waals surface area contributed by atoms with Crippen molar-refractivity contribution in [3.8, 4) is 0 Å². The van der Waals surface area contributed by atoms with Crippen molar-refractivity contribution in [1.82, 2.24) is 4.98 Å². The van der Waals surface area contributed by atoms with Crippen LogP contribution in [-0.4, -0.2) is 17.7 Å². The molecule has 0 atom stereocenters. The number of hydrogen-bond acceptors (Lipinski definition) is 3. The maximum atomic E-state index is 11.5. The standard InChI is InChI=1S/C15H12N2O2/c1-16-19-14(18)9-10-5-4-7-12-11-6-2-3-8-13(11)17-15(10)12/h2-8,17H,1,9H2. The molecule has 3 rings (SSSR count). The molecule has 3 aromatic rings. The molecule has 0 aliphatic rings. The first-order chi connectivity index (χ1) is 9.29. The van der Waals surface area contributed by atoms with Gasteiger partial charge < -0.3 is 9.82 Å². The predicted octanol–water partition coefficient (Wildman–Crippen LogP) is 3.02. The molecule has 94 valence electrons. The van der Waals surface area contributed by atoms with Crippen molar-refractivity contribution in [2.45, 2.75) is 6.42 Å². The number of benzene rings is 2. The molecule has 0 spiro atoms. The second-order valence-corrected chi connectivity index (χ2v) is 4.28. The second-order valence-electron chi connectivity index (χ2n) is 4.28. The third kappa shape index (κ3) is 1.97. The molecule has 0 amide bonds. The molecular formula is C15H12N2O2. The molecule has 1 N–H and O–H groups in total. The zero-order valence-corrected chi connectivity index (χ0v) is 10.2. The van der Waals surface area contributed by atoms with E-state index in [-0.39, 0.29) is 6.42 Å². The van der Waals surface area contributed by atoms with Gasteiger partial charge in [0.15, 0.2) is 0 Å². The van der Waals surface area contributed by atoms with E-state index in [1.165, 1.54) is 0 Å². The zero-order valence-electron chi connectivity index (χ0n) is 10.2. The number of aromatic amines is 1. The Bertz CT molecular complexity index is 774. The van der Waals surface area contributed by atoms with Crippen LogP contribution < -0.4 is 0 Å². The number of para-hydroxylation sites is 2. The van der Waals surface area contributed by atoms with Gasteiger partial charge in [-0.25, -0.2) is 4.79 Å². The summed E-state index contributed by atoms with van der Waals surface area (Å²) in [5, 5.41) is 5.40. The van der Waals surface area contributed by atoms with Crippen LogP contribution in [0.2, 0.25) is 0 Å². The summed E-state index contributed by atoms with van der Waals surface area (Å²) in [6, 6.07) is 13.9. The second kappa shape index (κ2) is 4.57. The Kier molecular flexibility index (Phi) is 2.76. The fourth-order valence-electron chi connectivity index (χ4n) is 2.34. The molecule has 0 fully saturated rings. The maximum absolute atomic E-state index is 11.5. The van der Waals surface area contributed by atoms with Crippen molar-refractivity contribution in [2.24, 2.45) is 5.16 Å². The number of hydrogen-bond donors (Lipinski definition) is 1. The summed E-state index contributed by atoms with van der Waals surface area (Å²) in [4.78, 5) is 19.4. The third-order valence-corrected chi connectivity index (χ3v) is 3.13. The first-order valence-corrected chi connectivity index (χ1v) is 5.94. The largest absolute Gasteiger partial charge is 0.354 e. The molecule has 4 nitrogen and oxygen atoms in total. The van der Waals surface area contributed by atoms with Gasteiger partial charge in [0, 0.05) is 23.0 Å². The van der Waals surface area contributed by atoms with Gasteiger partial charge in [0.25, 0.3) is 0 Å². The van der Waals surface area contributed by atoms with Gasteiger partial charge in [-0.05, 0) is 11.6 Å². The molecule has 0 radical (unpaired) electrons. The van der Waals surface area contributed by atoms with Crippen LogP contribution in [0.1, 0.15) is 5.56 Å². The predicted molar refractivity (Wildman–Crippen MR) is 75.1 cm³/mol. The van der Waals surface area contributed by atoms with Gasteiger partial charge in [0.05, 0.1) is 11.9 Å². The number of aromatic nitrogens is 1. The molecule has 2 aromatic carbocycles. The lowest BCUT2D eigenvalue weighted by atomic mass is 10.1. The van der Waals surface area contributed by atoms with E-state index in [1.807, 2.05) is 36.4 Å². The number of nitrogens with zero attached hydrogens (tertiary/aromatic N) is 1. The molecule has 19 heavy (non-hydrogen) atoms. The van der Waals surface area contributed by atoms with Crippen LogP contribution in [0.5, 0.6) is 0 Å². The molecule has 0 saturated carbocycles. The fourth-order valence-corrected chi connectivity index (χ4v) is 2.34. The first-order valence-electron chi connectivity index (χ1n) is 5.94. The Hall–Kier alpha value is -2.62. The van der Waals surface area contributed by atoms with Gasteiger partial charge in [0.2, 0.25) is 0 Å². The molecule has 0 unspecified atom stereocenters. The Morgan fingerprint density at radius 1 is 1.16 bits per heavy atom. The Labute approximate surface area is 109 Å². The van der Waals surface area contributed by atoms with E-state index in [4.69, 9.17) is 0 Å². The third-order valence-electron chi connectivity index (χ3n) is 3.13. The smallest absolute Gasteiger partial charge is 0.339 e. The zero-order chi connectivity index (χ0) is 13.2. The van der Waals surface area contributed by atoms with Crippen molar-refractivity contribution in [3.05, 3.63) is 48.0 Å². The van der Waals surface area contributed by atoms with Crippen molar-refractivity contribution in [1.29, 1.82) is 0 Å². The highest BCUT2D eigenvalue weighted by Crippen LogP contribution is 2.27. The number of carbonyl (C=O) groups excluding carboxylic acids is 1. The highest BCUT2D eigenvalue weighted by molar-refractivity contribution is 6.08. The van der Waals surface area contributed by atoms with E-state index < -0.39 is 5.97 Å². The highest BCUT2D eigenvalue weighted by atomic mass is 16.7. The van der Waals surface area contributed by atoms with Crippen LogP contribution in [0, 0.1) is 0 Å². The molecule has 0 saturated heterocycles. The summed E-state index contributed by atoms with van der Waals surface area (Å²) in [6.07, 6.45) is 0.170. The average Bonchev–Trinajstić information content (AvgIpc) is 2.79. The van der Waals surface area contributed by atoms with Crippen LogP contribution in [0.15, 0.2) is 47.6 Å². The minimum atomic E-state index is -0.416. The lowest BCUT2D eigenvalue weighted by molar-refractivity contribution is -0.142. The summed E-state index contributed by atoms with van der Waals surface area (Å²) in [5.74, 6) is -0.416. The van der Waals surface area contributed by atoms with E-state index in [2.05, 4.69) is 27.8 Å². The monoisotopic (exact) mass is 252 g/mol. The Balaban J connectivity index is 2.15. The van der Waals surface area contributed by atoms with Gasteiger partial charge in [-0.3, -0.25) is 0 Å². The average molecular weight is 252 g/mol. The summed E-state index contributed by atoms with van der Waals surface area (Å²) in [7, 11) is 0. The molecular weight excluding hydrogens is 240 g/mol. The quantitative estimate of drug-likeness (QED) is 0.442. The van der Waals surface area contributed by atoms with Crippen molar-refractivity contribution in [3.63, 3.8) is 0 Å². The lowest BCUT2D eigenvalue weighted by Crippen LogP contribution is -2.04. The maximum Gasteiger partial charge on any atom is 0.339 e. The fraction of sp³-hybridized carbons (Fsp3) is 0.0667. The molecule has 1 aromatic heterocycles. The highest BCUT2D eigenvalue weighted by Gasteiger charge is 2.11. The number of fused-ring (bicyclic) bond motifs is 3. The molecule has 4 heteroatoms. The van der Waals surface area contributed by atoms with Crippen molar-refractivity contribution in [2.75, 3.05) is 0 Å². The summed E-state index contributed by atoms with van der Waals surface area (Å²) < 4.78 is 0. The minimum Gasteiger partial charge on any atom is -0.354 e. The topological polar surface area (TPSA) is 54.4 Å². The number of H-pyrrole nitrogens is 1. The van der Waals surface area contributed by atoms with Crippen LogP contribution in [0.25, 0.3) is 21.8 Å². The molecule has 1 heterocycles. The van der Waals surface area contributed by atoms with Crippen LogP contribution in [0.3, 0.4) is 0 Å². The minimum absolute atomic E-state index is 0.170. The number of rotatable bonds is 3. The van der Waals surface area contributed by atoms with Gasteiger partial charge in [-0.2, -0.15) is 0 Å². The van der Waals surface area contributed by atoms with Crippen LogP contribution in [-0.2, 0) is 16.1 Å². The normalized spacial score (nSPS) is 10.7. The van der Waals surface area contributed by atoms with Gasteiger partial charge >= 0.3 is 5.97 Å². The Morgan fingerprint density at radius 3 is 2.79 bits per heavy atom. The van der Waals surface area contributed by atoms with E-state index in [0.29, 0.717) is 0 Å². The summed E-state index contributed by atoms with van der Waals surface area (Å²) >= 11 is 0. The SMILES string of the molecule is C=NOC(=O)Cc1cccc2c1[nH]c1ccccc12. The number of oxime groups is 1. The van der Waals surface area contributed by atoms with Crippen molar-refractivity contribution < 1.29 is 9.63 Å².